The van der Waals surface area contributed by atoms with E-state index in [0.29, 0.717) is 24.7 Å². The van der Waals surface area contributed by atoms with Crippen LogP contribution in [0.2, 0.25) is 0 Å². The van der Waals surface area contributed by atoms with Crippen molar-refractivity contribution in [1.29, 1.82) is 0 Å². The molecule has 1 atom stereocenters. The van der Waals surface area contributed by atoms with Crippen molar-refractivity contribution in [1.82, 2.24) is 10.2 Å². The first-order chi connectivity index (χ1) is 13.7. The number of methoxy groups -OCH3 is 1. The van der Waals surface area contributed by atoms with Crippen LogP contribution >= 0.6 is 0 Å². The molecule has 5 nitrogen and oxygen atoms in total. The Morgan fingerprint density at radius 1 is 1.07 bits per heavy atom. The number of rotatable bonds is 8. The third-order valence-electron chi connectivity index (χ3n) is 4.68. The van der Waals surface area contributed by atoms with Gasteiger partial charge in [-0.3, -0.25) is 0 Å². The van der Waals surface area contributed by atoms with Crippen molar-refractivity contribution in [2.45, 2.75) is 65.8 Å². The summed E-state index contributed by atoms with van der Waals surface area (Å²) < 4.78 is 11.5. The van der Waals surface area contributed by atoms with Crippen LogP contribution in [0.4, 0.5) is 4.79 Å². The normalized spacial score (nSPS) is 12.2. The quantitative estimate of drug-likeness (QED) is 0.649. The first kappa shape index (κ1) is 22.6. The van der Waals surface area contributed by atoms with Gasteiger partial charge < -0.3 is 19.7 Å². The number of urea groups is 1. The highest BCUT2D eigenvalue weighted by molar-refractivity contribution is 5.75. The zero-order chi connectivity index (χ0) is 21.4. The van der Waals surface area contributed by atoms with E-state index in [-0.39, 0.29) is 17.6 Å². The Morgan fingerprint density at radius 3 is 2.34 bits per heavy atom. The number of ether oxygens (including phenoxy) is 2. The largest absolute Gasteiger partial charge is 0.493 e. The average molecular weight is 399 g/mol. The molecule has 0 spiro atoms. The van der Waals surface area contributed by atoms with Gasteiger partial charge in [0.15, 0.2) is 11.5 Å². The molecule has 0 aromatic heterocycles. The molecule has 5 heteroatoms. The van der Waals surface area contributed by atoms with Crippen LogP contribution in [0.1, 0.15) is 52.2 Å². The van der Waals surface area contributed by atoms with Crippen LogP contribution in [-0.4, -0.2) is 29.6 Å². The molecule has 0 heterocycles. The molecule has 2 rings (SSSR count). The van der Waals surface area contributed by atoms with Crippen molar-refractivity contribution in [2.24, 2.45) is 0 Å². The summed E-state index contributed by atoms with van der Waals surface area (Å²) >= 11 is 0. The van der Waals surface area contributed by atoms with Crippen LogP contribution in [0.15, 0.2) is 48.5 Å². The predicted molar refractivity (Wildman–Crippen MR) is 117 cm³/mol. The molecule has 0 aliphatic carbocycles. The van der Waals surface area contributed by atoms with Crippen LogP contribution in [0.3, 0.4) is 0 Å². The van der Waals surface area contributed by atoms with Gasteiger partial charge in [0.25, 0.3) is 0 Å². The fourth-order valence-corrected chi connectivity index (χ4v) is 2.91. The SMILES string of the molecule is CCC(C)N(Cc1ccc(OC)c(OCc2ccccc2)c1)C(=O)NC(C)(C)C. The Bertz CT molecular complexity index is 784. The molecule has 29 heavy (non-hydrogen) atoms. The molecule has 1 unspecified atom stereocenters. The maximum Gasteiger partial charge on any atom is 0.318 e. The molecule has 2 amide bonds. The minimum atomic E-state index is -0.285. The lowest BCUT2D eigenvalue weighted by Gasteiger charge is -2.32. The minimum absolute atomic E-state index is 0.0607. The molecule has 0 fully saturated rings. The number of carbonyl (C=O) groups excluding carboxylic acids is 1. The number of carbonyl (C=O) groups is 1. The predicted octanol–water partition coefficient (Wildman–Crippen LogP) is 5.38. The topological polar surface area (TPSA) is 50.8 Å². The van der Waals surface area contributed by atoms with E-state index in [9.17, 15) is 4.79 Å². The first-order valence-corrected chi connectivity index (χ1v) is 10.2. The lowest BCUT2D eigenvalue weighted by molar-refractivity contribution is 0.165. The number of hydrogen-bond donors (Lipinski definition) is 1. The fraction of sp³-hybridized carbons (Fsp3) is 0.458. The number of hydrogen-bond acceptors (Lipinski definition) is 3. The standard InChI is InChI=1S/C24H34N2O3/c1-7-18(2)26(23(27)25-24(3,4)5)16-20-13-14-21(28-6)22(15-20)29-17-19-11-9-8-10-12-19/h8-15,18H,7,16-17H2,1-6H3,(H,25,27). The molecule has 1 N–H and O–H groups in total. The van der Waals surface area contributed by atoms with Crippen molar-refractivity contribution in [2.75, 3.05) is 7.11 Å². The lowest BCUT2D eigenvalue weighted by atomic mass is 10.1. The Labute approximate surface area is 175 Å². The van der Waals surface area contributed by atoms with Crippen LogP contribution in [0.5, 0.6) is 11.5 Å². The zero-order valence-electron chi connectivity index (χ0n) is 18.5. The van der Waals surface area contributed by atoms with Gasteiger partial charge >= 0.3 is 6.03 Å². The van der Waals surface area contributed by atoms with Gasteiger partial charge in [-0.25, -0.2) is 4.79 Å². The highest BCUT2D eigenvalue weighted by Crippen LogP contribution is 2.30. The Kier molecular flexibility index (Phi) is 7.94. The Hall–Kier alpha value is -2.69. The molecular weight excluding hydrogens is 364 g/mol. The van der Waals surface area contributed by atoms with Crippen molar-refractivity contribution in [3.63, 3.8) is 0 Å². The molecule has 0 saturated heterocycles. The second-order valence-electron chi connectivity index (χ2n) is 8.32. The Balaban J connectivity index is 2.19. The van der Waals surface area contributed by atoms with Gasteiger partial charge in [-0.05, 0) is 57.4 Å². The van der Waals surface area contributed by atoms with E-state index in [4.69, 9.17) is 9.47 Å². The summed E-state index contributed by atoms with van der Waals surface area (Å²) in [5, 5.41) is 3.07. The second-order valence-corrected chi connectivity index (χ2v) is 8.32. The summed E-state index contributed by atoms with van der Waals surface area (Å²) in [5.74, 6) is 1.35. The Morgan fingerprint density at radius 2 is 1.76 bits per heavy atom. The van der Waals surface area contributed by atoms with Crippen molar-refractivity contribution in [3.05, 3.63) is 59.7 Å². The van der Waals surface area contributed by atoms with Gasteiger partial charge in [-0.1, -0.05) is 43.3 Å². The van der Waals surface area contributed by atoms with E-state index < -0.39 is 0 Å². The smallest absolute Gasteiger partial charge is 0.318 e. The molecular formula is C24H34N2O3. The highest BCUT2D eigenvalue weighted by Gasteiger charge is 2.23. The molecule has 2 aromatic carbocycles. The van der Waals surface area contributed by atoms with Gasteiger partial charge in [0, 0.05) is 18.1 Å². The van der Waals surface area contributed by atoms with E-state index >= 15 is 0 Å². The van der Waals surface area contributed by atoms with Gasteiger partial charge in [-0.2, -0.15) is 0 Å². The molecule has 2 aromatic rings. The van der Waals surface area contributed by atoms with Crippen LogP contribution in [-0.2, 0) is 13.2 Å². The number of amides is 2. The molecule has 0 aliphatic rings. The fourth-order valence-electron chi connectivity index (χ4n) is 2.91. The van der Waals surface area contributed by atoms with Crippen LogP contribution < -0.4 is 14.8 Å². The van der Waals surface area contributed by atoms with E-state index in [0.717, 1.165) is 17.5 Å². The summed E-state index contributed by atoms with van der Waals surface area (Å²) in [5.41, 5.74) is 1.80. The third-order valence-corrected chi connectivity index (χ3v) is 4.68. The third kappa shape index (κ3) is 7.00. The molecule has 0 radical (unpaired) electrons. The van der Waals surface area contributed by atoms with E-state index in [1.807, 2.05) is 74.2 Å². The monoisotopic (exact) mass is 398 g/mol. The summed E-state index contributed by atoms with van der Waals surface area (Å²) in [4.78, 5) is 14.7. The van der Waals surface area contributed by atoms with Gasteiger partial charge in [0.2, 0.25) is 0 Å². The maximum atomic E-state index is 12.8. The summed E-state index contributed by atoms with van der Waals surface area (Å²) in [6, 6.07) is 15.9. The van der Waals surface area contributed by atoms with Crippen molar-refractivity contribution in [3.8, 4) is 11.5 Å². The second kappa shape index (κ2) is 10.2. The molecule has 0 bridgehead atoms. The van der Waals surface area contributed by atoms with Crippen molar-refractivity contribution >= 4 is 6.03 Å². The average Bonchev–Trinajstić information content (AvgIpc) is 2.69. The molecule has 158 valence electrons. The number of benzene rings is 2. The zero-order valence-corrected chi connectivity index (χ0v) is 18.5. The molecule has 0 aliphatic heterocycles. The van der Waals surface area contributed by atoms with Crippen LogP contribution in [0, 0.1) is 0 Å². The first-order valence-electron chi connectivity index (χ1n) is 10.2. The lowest BCUT2D eigenvalue weighted by Crippen LogP contribution is -2.50. The summed E-state index contributed by atoms with van der Waals surface area (Å²) in [6.45, 7) is 11.1. The number of nitrogens with one attached hydrogen (secondary N) is 1. The number of nitrogens with zero attached hydrogens (tertiary/aromatic N) is 1. The summed E-state index contributed by atoms with van der Waals surface area (Å²) in [7, 11) is 1.63. The van der Waals surface area contributed by atoms with Gasteiger partial charge in [0.1, 0.15) is 6.61 Å². The maximum absolute atomic E-state index is 12.8. The highest BCUT2D eigenvalue weighted by atomic mass is 16.5. The molecule has 0 saturated carbocycles. The van der Waals surface area contributed by atoms with Gasteiger partial charge in [-0.15, -0.1) is 0 Å². The van der Waals surface area contributed by atoms with Crippen molar-refractivity contribution < 1.29 is 14.3 Å². The van der Waals surface area contributed by atoms with Gasteiger partial charge in [0.05, 0.1) is 7.11 Å². The van der Waals surface area contributed by atoms with E-state index in [1.165, 1.54) is 0 Å². The summed E-state index contributed by atoms with van der Waals surface area (Å²) in [6.07, 6.45) is 0.880. The van der Waals surface area contributed by atoms with E-state index in [1.54, 1.807) is 7.11 Å². The van der Waals surface area contributed by atoms with Crippen LogP contribution in [0.25, 0.3) is 0 Å². The van der Waals surface area contributed by atoms with E-state index in [2.05, 4.69) is 19.2 Å². The minimum Gasteiger partial charge on any atom is -0.493 e.